The second kappa shape index (κ2) is 8.97. The average molecular weight is 202 g/mol. The van der Waals surface area contributed by atoms with E-state index in [1.54, 1.807) is 7.11 Å². The number of hydrogen-bond acceptors (Lipinski definition) is 3. The molecule has 0 rings (SSSR count). The van der Waals surface area contributed by atoms with E-state index in [1.165, 1.54) is 0 Å². The quantitative estimate of drug-likeness (QED) is 0.564. The number of rotatable bonds is 8. The van der Waals surface area contributed by atoms with Gasteiger partial charge in [0.05, 0.1) is 0 Å². The number of carbonyl (C=O) groups is 1. The van der Waals surface area contributed by atoms with Gasteiger partial charge in [0, 0.05) is 26.7 Å². The molecular weight excluding hydrogens is 180 g/mol. The Balaban J connectivity index is 3.34. The van der Waals surface area contributed by atoms with Crippen molar-refractivity contribution in [3.63, 3.8) is 0 Å². The number of nitrogens with two attached hydrogens (primary N) is 1. The van der Waals surface area contributed by atoms with Gasteiger partial charge in [-0.25, -0.2) is 0 Å². The van der Waals surface area contributed by atoms with Gasteiger partial charge in [0.2, 0.25) is 5.91 Å². The molecule has 0 aromatic rings. The van der Waals surface area contributed by atoms with Gasteiger partial charge >= 0.3 is 0 Å². The normalized spacial score (nSPS) is 12.5. The standard InChI is InChI=1S/C10H22N2O2/c1-9(5-6-11)8-12-10(13)4-3-7-14-2/h9H,3-8,11H2,1-2H3,(H,12,13). The molecular formula is C10H22N2O2. The van der Waals surface area contributed by atoms with Crippen LogP contribution in [-0.2, 0) is 9.53 Å². The van der Waals surface area contributed by atoms with Crippen molar-refractivity contribution in [2.75, 3.05) is 26.8 Å². The molecule has 0 aliphatic heterocycles. The fraction of sp³-hybridized carbons (Fsp3) is 0.900. The minimum atomic E-state index is 0.103. The molecule has 0 aromatic heterocycles. The molecule has 0 aromatic carbocycles. The Morgan fingerprint density at radius 2 is 2.29 bits per heavy atom. The Labute approximate surface area is 86.2 Å². The highest BCUT2D eigenvalue weighted by molar-refractivity contribution is 5.75. The third kappa shape index (κ3) is 8.01. The average Bonchev–Trinajstić information content (AvgIpc) is 2.16. The van der Waals surface area contributed by atoms with E-state index in [0.717, 1.165) is 19.4 Å². The molecule has 4 nitrogen and oxygen atoms in total. The van der Waals surface area contributed by atoms with Crippen LogP contribution < -0.4 is 11.1 Å². The molecule has 1 unspecified atom stereocenters. The molecule has 1 atom stereocenters. The lowest BCUT2D eigenvalue weighted by Gasteiger charge is -2.11. The molecule has 84 valence electrons. The van der Waals surface area contributed by atoms with Crippen LogP contribution in [0.5, 0.6) is 0 Å². The molecule has 3 N–H and O–H groups in total. The lowest BCUT2D eigenvalue weighted by atomic mass is 10.1. The lowest BCUT2D eigenvalue weighted by Crippen LogP contribution is -2.29. The van der Waals surface area contributed by atoms with Crippen LogP contribution in [0.25, 0.3) is 0 Å². The maximum Gasteiger partial charge on any atom is 0.220 e. The second-order valence-corrected chi connectivity index (χ2v) is 3.58. The molecule has 0 saturated carbocycles. The van der Waals surface area contributed by atoms with E-state index in [4.69, 9.17) is 10.5 Å². The number of nitrogens with one attached hydrogen (secondary N) is 1. The topological polar surface area (TPSA) is 64.3 Å². The van der Waals surface area contributed by atoms with Crippen molar-refractivity contribution in [3.05, 3.63) is 0 Å². The molecule has 0 aliphatic rings. The first-order chi connectivity index (χ1) is 6.70. The van der Waals surface area contributed by atoms with E-state index < -0.39 is 0 Å². The Bertz CT molecular complexity index is 151. The van der Waals surface area contributed by atoms with Crippen LogP contribution in [0.1, 0.15) is 26.2 Å². The Hall–Kier alpha value is -0.610. The molecule has 0 radical (unpaired) electrons. The molecule has 0 aliphatic carbocycles. The minimum Gasteiger partial charge on any atom is -0.385 e. The van der Waals surface area contributed by atoms with Crippen LogP contribution in [0, 0.1) is 5.92 Å². The van der Waals surface area contributed by atoms with Crippen molar-refractivity contribution >= 4 is 5.91 Å². The van der Waals surface area contributed by atoms with Gasteiger partial charge < -0.3 is 15.8 Å². The molecule has 0 bridgehead atoms. The SMILES string of the molecule is COCCCC(=O)NCC(C)CCN. The van der Waals surface area contributed by atoms with Crippen LogP contribution in [-0.4, -0.2) is 32.7 Å². The first kappa shape index (κ1) is 13.4. The molecule has 4 heteroatoms. The van der Waals surface area contributed by atoms with Gasteiger partial charge in [0.15, 0.2) is 0 Å². The minimum absolute atomic E-state index is 0.103. The summed E-state index contributed by atoms with van der Waals surface area (Å²) in [5, 5.41) is 2.88. The monoisotopic (exact) mass is 202 g/mol. The lowest BCUT2D eigenvalue weighted by molar-refractivity contribution is -0.121. The summed E-state index contributed by atoms with van der Waals surface area (Å²) in [6, 6.07) is 0. The maximum atomic E-state index is 11.2. The fourth-order valence-electron chi connectivity index (χ4n) is 1.14. The summed E-state index contributed by atoms with van der Waals surface area (Å²) in [6.45, 7) is 4.14. The second-order valence-electron chi connectivity index (χ2n) is 3.58. The van der Waals surface area contributed by atoms with Crippen molar-refractivity contribution in [2.24, 2.45) is 11.7 Å². The Morgan fingerprint density at radius 1 is 1.57 bits per heavy atom. The highest BCUT2D eigenvalue weighted by atomic mass is 16.5. The zero-order chi connectivity index (χ0) is 10.8. The van der Waals surface area contributed by atoms with Gasteiger partial charge in [-0.05, 0) is 25.3 Å². The van der Waals surface area contributed by atoms with E-state index >= 15 is 0 Å². The Morgan fingerprint density at radius 3 is 2.86 bits per heavy atom. The predicted octanol–water partition coefficient (Wildman–Crippen LogP) is 0.514. The smallest absolute Gasteiger partial charge is 0.220 e. The fourth-order valence-corrected chi connectivity index (χ4v) is 1.14. The van der Waals surface area contributed by atoms with Gasteiger partial charge in [-0.1, -0.05) is 6.92 Å². The summed E-state index contributed by atoms with van der Waals surface area (Å²) in [5.41, 5.74) is 5.40. The summed E-state index contributed by atoms with van der Waals surface area (Å²) in [4.78, 5) is 11.2. The van der Waals surface area contributed by atoms with Crippen LogP contribution in [0.4, 0.5) is 0 Å². The summed E-state index contributed by atoms with van der Waals surface area (Å²) >= 11 is 0. The third-order valence-electron chi connectivity index (χ3n) is 2.06. The predicted molar refractivity (Wildman–Crippen MR) is 57.0 cm³/mol. The van der Waals surface area contributed by atoms with E-state index in [9.17, 15) is 4.79 Å². The maximum absolute atomic E-state index is 11.2. The number of methoxy groups -OCH3 is 1. The molecule has 0 spiro atoms. The highest BCUT2D eigenvalue weighted by Crippen LogP contribution is 1.97. The first-order valence-electron chi connectivity index (χ1n) is 5.16. The van der Waals surface area contributed by atoms with Gasteiger partial charge in [-0.2, -0.15) is 0 Å². The van der Waals surface area contributed by atoms with E-state index in [0.29, 0.717) is 25.5 Å². The number of amides is 1. The van der Waals surface area contributed by atoms with Crippen LogP contribution >= 0.6 is 0 Å². The number of carbonyl (C=O) groups excluding carboxylic acids is 1. The summed E-state index contributed by atoms with van der Waals surface area (Å²) in [7, 11) is 1.64. The number of ether oxygens (including phenoxy) is 1. The third-order valence-corrected chi connectivity index (χ3v) is 2.06. The summed E-state index contributed by atoms with van der Waals surface area (Å²) in [5.74, 6) is 0.567. The van der Waals surface area contributed by atoms with Crippen molar-refractivity contribution < 1.29 is 9.53 Å². The zero-order valence-corrected chi connectivity index (χ0v) is 9.21. The number of hydrogen-bond donors (Lipinski definition) is 2. The van der Waals surface area contributed by atoms with Crippen LogP contribution in [0.2, 0.25) is 0 Å². The molecule has 1 amide bonds. The van der Waals surface area contributed by atoms with Gasteiger partial charge in [-0.15, -0.1) is 0 Å². The zero-order valence-electron chi connectivity index (χ0n) is 9.21. The Kier molecular flexibility index (Phi) is 8.57. The van der Waals surface area contributed by atoms with Gasteiger partial charge in [0.25, 0.3) is 0 Å². The van der Waals surface area contributed by atoms with E-state index in [1.807, 2.05) is 0 Å². The van der Waals surface area contributed by atoms with Crippen molar-refractivity contribution in [1.29, 1.82) is 0 Å². The highest BCUT2D eigenvalue weighted by Gasteiger charge is 2.04. The summed E-state index contributed by atoms with van der Waals surface area (Å²) < 4.78 is 4.86. The van der Waals surface area contributed by atoms with Gasteiger partial charge in [-0.3, -0.25) is 4.79 Å². The van der Waals surface area contributed by atoms with Crippen LogP contribution in [0.15, 0.2) is 0 Å². The van der Waals surface area contributed by atoms with Crippen LogP contribution in [0.3, 0.4) is 0 Å². The van der Waals surface area contributed by atoms with E-state index in [-0.39, 0.29) is 5.91 Å². The first-order valence-corrected chi connectivity index (χ1v) is 5.16. The van der Waals surface area contributed by atoms with Crippen molar-refractivity contribution in [1.82, 2.24) is 5.32 Å². The molecule has 0 saturated heterocycles. The summed E-state index contributed by atoms with van der Waals surface area (Å²) in [6.07, 6.45) is 2.29. The van der Waals surface area contributed by atoms with E-state index in [2.05, 4.69) is 12.2 Å². The van der Waals surface area contributed by atoms with Crippen molar-refractivity contribution in [3.8, 4) is 0 Å². The largest absolute Gasteiger partial charge is 0.385 e. The molecule has 0 fully saturated rings. The van der Waals surface area contributed by atoms with Gasteiger partial charge in [0.1, 0.15) is 0 Å². The molecule has 14 heavy (non-hydrogen) atoms. The van der Waals surface area contributed by atoms with Crippen molar-refractivity contribution in [2.45, 2.75) is 26.2 Å². The molecule has 0 heterocycles.